The van der Waals surface area contributed by atoms with Gasteiger partial charge in [0.15, 0.2) is 11.6 Å². The molecule has 1 aromatic heterocycles. The zero-order valence-corrected chi connectivity index (χ0v) is 14.2. The molecule has 0 aliphatic rings. The molecule has 3 aromatic rings. The average molecular weight is 333 g/mol. The summed E-state index contributed by atoms with van der Waals surface area (Å²) in [7, 11) is 0. The molecule has 0 spiro atoms. The second kappa shape index (κ2) is 7.53. The summed E-state index contributed by atoms with van der Waals surface area (Å²) in [6.45, 7) is 4.28. The van der Waals surface area contributed by atoms with E-state index in [-0.39, 0.29) is 5.78 Å². The Hall–Kier alpha value is -3.28. The minimum Gasteiger partial charge on any atom is -0.365 e. The summed E-state index contributed by atoms with van der Waals surface area (Å²) < 4.78 is 0. The number of aromatic nitrogens is 3. The lowest BCUT2D eigenvalue weighted by atomic mass is 10.1. The number of hydrogen-bond acceptors (Lipinski definition) is 6. The smallest absolute Gasteiger partial charge is 0.249 e. The molecule has 0 bridgehead atoms. The van der Waals surface area contributed by atoms with Crippen molar-refractivity contribution in [3.63, 3.8) is 0 Å². The van der Waals surface area contributed by atoms with Crippen LogP contribution in [0, 0.1) is 6.92 Å². The van der Waals surface area contributed by atoms with E-state index in [4.69, 9.17) is 0 Å². The van der Waals surface area contributed by atoms with Crippen molar-refractivity contribution < 1.29 is 4.79 Å². The number of carbonyl (C=O) groups is 1. The highest BCUT2D eigenvalue weighted by molar-refractivity contribution is 5.94. The Morgan fingerprint density at radius 2 is 1.84 bits per heavy atom. The second-order valence-electron chi connectivity index (χ2n) is 5.70. The van der Waals surface area contributed by atoms with Crippen LogP contribution in [-0.4, -0.2) is 21.0 Å². The number of Topliss-reactive ketones (excluding diaryl/α,β-unsaturated/α-hetero) is 1. The highest BCUT2D eigenvalue weighted by Gasteiger charge is 2.04. The highest BCUT2D eigenvalue weighted by atomic mass is 16.1. The van der Waals surface area contributed by atoms with Gasteiger partial charge >= 0.3 is 0 Å². The van der Waals surface area contributed by atoms with E-state index in [1.807, 2.05) is 24.3 Å². The van der Waals surface area contributed by atoms with Gasteiger partial charge < -0.3 is 10.6 Å². The minimum absolute atomic E-state index is 0.0341. The first-order chi connectivity index (χ1) is 12.1. The molecule has 0 amide bonds. The van der Waals surface area contributed by atoms with Crippen LogP contribution in [-0.2, 0) is 6.54 Å². The zero-order valence-electron chi connectivity index (χ0n) is 14.2. The molecule has 0 radical (unpaired) electrons. The third-order valence-electron chi connectivity index (χ3n) is 3.83. The topological polar surface area (TPSA) is 79.8 Å². The molecule has 2 N–H and O–H groups in total. The Morgan fingerprint density at radius 1 is 1.08 bits per heavy atom. The number of hydrogen-bond donors (Lipinski definition) is 2. The van der Waals surface area contributed by atoms with E-state index in [0.29, 0.717) is 23.9 Å². The number of ketones is 1. The van der Waals surface area contributed by atoms with Crippen molar-refractivity contribution >= 4 is 23.2 Å². The molecule has 126 valence electrons. The van der Waals surface area contributed by atoms with Gasteiger partial charge in [-0.25, -0.2) is 0 Å². The zero-order chi connectivity index (χ0) is 17.6. The molecule has 0 atom stereocenters. The minimum atomic E-state index is 0.0341. The van der Waals surface area contributed by atoms with Gasteiger partial charge in [0.25, 0.3) is 0 Å². The van der Waals surface area contributed by atoms with Crippen LogP contribution in [0.15, 0.2) is 54.7 Å². The van der Waals surface area contributed by atoms with Crippen LogP contribution in [0.25, 0.3) is 0 Å². The van der Waals surface area contributed by atoms with Gasteiger partial charge in [0.2, 0.25) is 5.95 Å². The van der Waals surface area contributed by atoms with Crippen LogP contribution in [0.3, 0.4) is 0 Å². The second-order valence-corrected chi connectivity index (χ2v) is 5.70. The summed E-state index contributed by atoms with van der Waals surface area (Å²) in [5.74, 6) is 1.07. The van der Waals surface area contributed by atoms with E-state index in [1.54, 1.807) is 25.3 Å². The third kappa shape index (κ3) is 4.38. The molecule has 3 rings (SSSR count). The molecular formula is C19H19N5O. The molecule has 0 saturated carbocycles. The van der Waals surface area contributed by atoms with E-state index in [2.05, 4.69) is 44.9 Å². The summed E-state index contributed by atoms with van der Waals surface area (Å²) in [4.78, 5) is 15.7. The van der Waals surface area contributed by atoms with E-state index >= 15 is 0 Å². The largest absolute Gasteiger partial charge is 0.365 e. The van der Waals surface area contributed by atoms with Gasteiger partial charge in [-0.15, -0.1) is 5.10 Å². The van der Waals surface area contributed by atoms with Gasteiger partial charge in [0.1, 0.15) is 0 Å². The first-order valence-electron chi connectivity index (χ1n) is 7.98. The molecule has 0 fully saturated rings. The molecule has 1 heterocycles. The molecule has 2 aromatic carbocycles. The fraction of sp³-hybridized carbons (Fsp3) is 0.158. The number of benzene rings is 2. The van der Waals surface area contributed by atoms with E-state index in [9.17, 15) is 4.79 Å². The summed E-state index contributed by atoms with van der Waals surface area (Å²) in [5.41, 5.74) is 3.89. The maximum absolute atomic E-state index is 11.3. The van der Waals surface area contributed by atoms with Crippen molar-refractivity contribution in [1.29, 1.82) is 0 Å². The molecule has 6 nitrogen and oxygen atoms in total. The quantitative estimate of drug-likeness (QED) is 0.669. The molecular weight excluding hydrogens is 314 g/mol. The lowest BCUT2D eigenvalue weighted by Gasteiger charge is -2.09. The highest BCUT2D eigenvalue weighted by Crippen LogP contribution is 2.15. The molecule has 6 heteroatoms. The first-order valence-corrected chi connectivity index (χ1v) is 7.98. The molecule has 25 heavy (non-hydrogen) atoms. The van der Waals surface area contributed by atoms with Crippen LogP contribution in [0.2, 0.25) is 0 Å². The first kappa shape index (κ1) is 16.6. The van der Waals surface area contributed by atoms with Crippen molar-refractivity contribution in [3.8, 4) is 0 Å². The van der Waals surface area contributed by atoms with Gasteiger partial charge in [-0.3, -0.25) is 4.79 Å². The van der Waals surface area contributed by atoms with Crippen molar-refractivity contribution in [3.05, 3.63) is 71.4 Å². The maximum Gasteiger partial charge on any atom is 0.249 e. The summed E-state index contributed by atoms with van der Waals surface area (Å²) in [6.07, 6.45) is 1.59. The van der Waals surface area contributed by atoms with Crippen molar-refractivity contribution in [2.75, 3.05) is 10.6 Å². The normalized spacial score (nSPS) is 10.3. The van der Waals surface area contributed by atoms with E-state index in [1.165, 1.54) is 11.1 Å². The lowest BCUT2D eigenvalue weighted by molar-refractivity contribution is 0.101. The predicted molar refractivity (Wildman–Crippen MR) is 98.1 cm³/mol. The molecule has 0 saturated heterocycles. The third-order valence-corrected chi connectivity index (χ3v) is 3.83. The number of nitrogens with zero attached hydrogens (tertiary/aromatic N) is 3. The maximum atomic E-state index is 11.3. The number of rotatable bonds is 6. The Labute approximate surface area is 146 Å². The lowest BCUT2D eigenvalue weighted by Crippen LogP contribution is -2.06. The van der Waals surface area contributed by atoms with Crippen molar-refractivity contribution in [2.24, 2.45) is 0 Å². The van der Waals surface area contributed by atoms with Crippen molar-refractivity contribution in [1.82, 2.24) is 15.2 Å². The van der Waals surface area contributed by atoms with Crippen LogP contribution in [0.1, 0.15) is 28.4 Å². The average Bonchev–Trinajstić information content (AvgIpc) is 2.62. The van der Waals surface area contributed by atoms with Crippen LogP contribution < -0.4 is 10.6 Å². The Kier molecular flexibility index (Phi) is 4.99. The number of aryl methyl sites for hydroxylation is 1. The standard InChI is InChI=1S/C19H19N5O/c1-13-5-3-4-6-16(13)11-20-18-12-21-24-19(23-18)22-17-9-7-15(8-10-17)14(2)25/h3-10,12H,11H2,1-2H3,(H2,20,22,23,24). The van der Waals surface area contributed by atoms with Crippen LogP contribution in [0.5, 0.6) is 0 Å². The monoisotopic (exact) mass is 333 g/mol. The SMILES string of the molecule is CC(=O)c1ccc(Nc2nncc(NCc3ccccc3C)n2)cc1. The molecule has 0 unspecified atom stereocenters. The molecule has 0 aliphatic heterocycles. The van der Waals surface area contributed by atoms with Crippen LogP contribution >= 0.6 is 0 Å². The Morgan fingerprint density at radius 3 is 2.56 bits per heavy atom. The van der Waals surface area contributed by atoms with Gasteiger partial charge in [0, 0.05) is 17.8 Å². The number of anilines is 3. The van der Waals surface area contributed by atoms with Gasteiger partial charge in [-0.05, 0) is 49.2 Å². The number of carbonyl (C=O) groups excluding carboxylic acids is 1. The van der Waals surface area contributed by atoms with E-state index in [0.717, 1.165) is 5.69 Å². The fourth-order valence-corrected chi connectivity index (χ4v) is 2.35. The summed E-state index contributed by atoms with van der Waals surface area (Å²) in [5, 5.41) is 14.3. The number of nitrogens with one attached hydrogen (secondary N) is 2. The predicted octanol–water partition coefficient (Wildman–Crippen LogP) is 3.74. The van der Waals surface area contributed by atoms with Crippen LogP contribution in [0.4, 0.5) is 17.5 Å². The Bertz CT molecular complexity index is 877. The Balaban J connectivity index is 1.67. The summed E-state index contributed by atoms with van der Waals surface area (Å²) in [6, 6.07) is 15.3. The van der Waals surface area contributed by atoms with Gasteiger partial charge in [-0.2, -0.15) is 10.1 Å². The van der Waals surface area contributed by atoms with Crippen molar-refractivity contribution in [2.45, 2.75) is 20.4 Å². The summed E-state index contributed by atoms with van der Waals surface area (Å²) >= 11 is 0. The molecule has 0 aliphatic carbocycles. The fourth-order valence-electron chi connectivity index (χ4n) is 2.35. The van der Waals surface area contributed by atoms with Gasteiger partial charge in [-0.1, -0.05) is 24.3 Å². The van der Waals surface area contributed by atoms with E-state index < -0.39 is 0 Å². The van der Waals surface area contributed by atoms with Gasteiger partial charge in [0.05, 0.1) is 6.20 Å².